The second-order valence-electron chi connectivity index (χ2n) is 6.97. The van der Waals surface area contributed by atoms with Gasteiger partial charge in [-0.3, -0.25) is 4.79 Å². The van der Waals surface area contributed by atoms with E-state index >= 15 is 0 Å². The summed E-state index contributed by atoms with van der Waals surface area (Å²) in [5.74, 6) is 2.08. The summed E-state index contributed by atoms with van der Waals surface area (Å²) in [5.41, 5.74) is 3.67. The van der Waals surface area contributed by atoms with Gasteiger partial charge in [0.05, 0.1) is 0 Å². The second kappa shape index (κ2) is 7.48. The molecule has 0 aliphatic heterocycles. The third kappa shape index (κ3) is 3.59. The summed E-state index contributed by atoms with van der Waals surface area (Å²) >= 11 is 0. The topological polar surface area (TPSA) is 17.1 Å². The molecule has 0 aliphatic carbocycles. The van der Waals surface area contributed by atoms with Gasteiger partial charge in [0.2, 0.25) is 0 Å². The minimum absolute atomic E-state index is 0.111. The Labute approximate surface area is 156 Å². The van der Waals surface area contributed by atoms with Crippen LogP contribution in [0.25, 0.3) is 0 Å². The average Bonchev–Trinajstić information content (AvgIpc) is 2.62. The number of hydrogen-bond acceptors (Lipinski definition) is 1. The normalized spacial score (nSPS) is 11.2. The van der Waals surface area contributed by atoms with Crippen LogP contribution in [0.2, 0.25) is 0 Å². The highest BCUT2D eigenvalue weighted by Crippen LogP contribution is 2.43. The maximum atomic E-state index is 12.4. The molecule has 3 aromatic carbocycles. The predicted molar refractivity (Wildman–Crippen MR) is 116 cm³/mol. The summed E-state index contributed by atoms with van der Waals surface area (Å²) in [6, 6.07) is 25.9. The average molecular weight is 360 g/mol. The van der Waals surface area contributed by atoms with Gasteiger partial charge in [0.25, 0.3) is 0 Å². The van der Waals surface area contributed by atoms with Crippen molar-refractivity contribution in [2.75, 3.05) is 0 Å². The molecule has 0 unspecified atom stereocenters. The van der Waals surface area contributed by atoms with Crippen LogP contribution in [-0.2, 0) is 4.79 Å². The van der Waals surface area contributed by atoms with Gasteiger partial charge in [-0.25, -0.2) is 0 Å². The maximum absolute atomic E-state index is 12.4. The summed E-state index contributed by atoms with van der Waals surface area (Å²) in [6.07, 6.45) is 0. The number of rotatable bonds is 4. The van der Waals surface area contributed by atoms with Crippen molar-refractivity contribution in [2.24, 2.45) is 0 Å². The Kier molecular flexibility index (Phi) is 5.30. The number of carbonyl (C=O) groups excluding carboxylic acids is 1. The highest BCUT2D eigenvalue weighted by atomic mass is 31.2. The standard InChI is InChI=1S/C24H25OP/c1-18-5-11-22(12-6-18)26(17-21(4)25,23-13-7-19(2)8-14-23)24-15-9-20(3)10-16-24/h5-17H,1-4H3. The third-order valence-electron chi connectivity index (χ3n) is 4.70. The highest BCUT2D eigenvalue weighted by Gasteiger charge is 2.25. The van der Waals surface area contributed by atoms with Crippen LogP contribution in [-0.4, -0.2) is 11.6 Å². The van der Waals surface area contributed by atoms with Crippen LogP contribution in [0, 0.1) is 20.8 Å². The van der Waals surface area contributed by atoms with Crippen LogP contribution in [0.5, 0.6) is 0 Å². The second-order valence-corrected chi connectivity index (χ2v) is 10.2. The van der Waals surface area contributed by atoms with Gasteiger partial charge in [-0.05, 0) is 56.3 Å². The minimum Gasteiger partial charge on any atom is -0.295 e. The van der Waals surface area contributed by atoms with Gasteiger partial charge in [0.1, 0.15) is 0 Å². The Hall–Kier alpha value is -2.37. The molecule has 3 aromatic rings. The molecular weight excluding hydrogens is 335 g/mol. The van der Waals surface area contributed by atoms with E-state index in [9.17, 15) is 4.79 Å². The first-order valence-corrected chi connectivity index (χ1v) is 10.7. The van der Waals surface area contributed by atoms with E-state index in [4.69, 9.17) is 0 Å². The fraction of sp³-hybridized carbons (Fsp3) is 0.167. The molecule has 0 saturated heterocycles. The molecule has 0 N–H and O–H groups in total. The smallest absolute Gasteiger partial charge is 0.153 e. The molecule has 0 aromatic heterocycles. The van der Waals surface area contributed by atoms with Crippen molar-refractivity contribution in [2.45, 2.75) is 27.7 Å². The first-order valence-electron chi connectivity index (χ1n) is 8.89. The summed E-state index contributed by atoms with van der Waals surface area (Å²) in [5, 5.41) is 3.64. The number of hydrogen-bond donors (Lipinski definition) is 0. The highest BCUT2D eigenvalue weighted by molar-refractivity contribution is 7.95. The van der Waals surface area contributed by atoms with Gasteiger partial charge in [-0.1, -0.05) is 89.5 Å². The molecule has 0 bridgehead atoms. The molecule has 0 atom stereocenters. The van der Waals surface area contributed by atoms with E-state index in [1.54, 1.807) is 6.92 Å². The molecule has 0 fully saturated rings. The van der Waals surface area contributed by atoms with Gasteiger partial charge >= 0.3 is 0 Å². The minimum atomic E-state index is -2.14. The van der Waals surface area contributed by atoms with Crippen LogP contribution >= 0.6 is 6.89 Å². The van der Waals surface area contributed by atoms with Gasteiger partial charge < -0.3 is 0 Å². The first kappa shape index (κ1) is 18.4. The molecule has 0 radical (unpaired) electrons. The number of carbonyl (C=O) groups is 1. The summed E-state index contributed by atoms with van der Waals surface area (Å²) in [4.78, 5) is 12.4. The zero-order valence-electron chi connectivity index (χ0n) is 15.9. The lowest BCUT2D eigenvalue weighted by molar-refractivity contribution is -0.110. The molecule has 26 heavy (non-hydrogen) atoms. The lowest BCUT2D eigenvalue weighted by atomic mass is 10.2. The largest absolute Gasteiger partial charge is 0.295 e. The van der Waals surface area contributed by atoms with E-state index in [1.165, 1.54) is 32.6 Å². The van der Waals surface area contributed by atoms with Crippen LogP contribution in [0.4, 0.5) is 0 Å². The third-order valence-corrected chi connectivity index (χ3v) is 8.79. The molecule has 2 heteroatoms. The van der Waals surface area contributed by atoms with Gasteiger partial charge in [0, 0.05) is 0 Å². The van der Waals surface area contributed by atoms with Gasteiger partial charge in [-0.2, -0.15) is 0 Å². The lowest BCUT2D eigenvalue weighted by Gasteiger charge is -2.28. The van der Waals surface area contributed by atoms with Crippen molar-refractivity contribution < 1.29 is 4.79 Å². The molecule has 0 spiro atoms. The molecule has 0 heterocycles. The van der Waals surface area contributed by atoms with Crippen LogP contribution in [0.3, 0.4) is 0 Å². The van der Waals surface area contributed by atoms with Crippen molar-refractivity contribution in [1.29, 1.82) is 0 Å². The summed E-state index contributed by atoms with van der Waals surface area (Å²) in [7, 11) is 0. The monoisotopic (exact) mass is 360 g/mol. The molecular formula is C24H25OP. The van der Waals surface area contributed by atoms with E-state index < -0.39 is 6.89 Å². The van der Waals surface area contributed by atoms with Crippen LogP contribution < -0.4 is 15.9 Å². The van der Waals surface area contributed by atoms with E-state index in [1.807, 2.05) is 5.80 Å². The number of ketones is 1. The molecule has 132 valence electrons. The zero-order chi connectivity index (χ0) is 18.7. The zero-order valence-corrected chi connectivity index (χ0v) is 16.8. The molecule has 0 saturated carbocycles. The van der Waals surface area contributed by atoms with Gasteiger partial charge in [0.15, 0.2) is 5.78 Å². The van der Waals surface area contributed by atoms with Crippen molar-refractivity contribution >= 4 is 34.4 Å². The lowest BCUT2D eigenvalue weighted by Crippen LogP contribution is -2.28. The molecule has 1 nitrogen and oxygen atoms in total. The van der Waals surface area contributed by atoms with Crippen molar-refractivity contribution in [1.82, 2.24) is 0 Å². The Bertz CT molecular complexity index is 845. The molecule has 0 amide bonds. The number of benzene rings is 3. The summed E-state index contributed by atoms with van der Waals surface area (Å²) in [6.45, 7) is 5.80. The first-order chi connectivity index (χ1) is 12.4. The Morgan fingerprint density at radius 2 is 0.885 bits per heavy atom. The van der Waals surface area contributed by atoms with Crippen LogP contribution in [0.15, 0.2) is 72.8 Å². The van der Waals surface area contributed by atoms with Crippen LogP contribution in [0.1, 0.15) is 23.6 Å². The van der Waals surface area contributed by atoms with Gasteiger partial charge in [-0.15, -0.1) is 0 Å². The quantitative estimate of drug-likeness (QED) is 0.634. The van der Waals surface area contributed by atoms with Crippen molar-refractivity contribution in [3.8, 4) is 0 Å². The SMILES string of the molecule is CC(=O)C=P(c1ccc(C)cc1)(c1ccc(C)cc1)c1ccc(C)cc1. The Balaban J connectivity index is 2.42. The number of Topliss-reactive ketones (excluding diaryl/α,β-unsaturated/α-hetero) is 1. The summed E-state index contributed by atoms with van der Waals surface area (Å²) < 4.78 is 0. The molecule has 3 rings (SSSR count). The van der Waals surface area contributed by atoms with E-state index in [0.29, 0.717) is 0 Å². The molecule has 0 aliphatic rings. The fourth-order valence-corrected chi connectivity index (χ4v) is 7.03. The van der Waals surface area contributed by atoms with Crippen molar-refractivity contribution in [3.63, 3.8) is 0 Å². The fourth-order valence-electron chi connectivity index (χ4n) is 3.28. The van der Waals surface area contributed by atoms with E-state index in [0.717, 1.165) is 0 Å². The van der Waals surface area contributed by atoms with E-state index in [-0.39, 0.29) is 5.78 Å². The maximum Gasteiger partial charge on any atom is 0.153 e. The van der Waals surface area contributed by atoms with Crippen molar-refractivity contribution in [3.05, 3.63) is 89.5 Å². The Morgan fingerprint density at radius 1 is 0.615 bits per heavy atom. The predicted octanol–water partition coefficient (Wildman–Crippen LogP) is 4.30. The van der Waals surface area contributed by atoms with E-state index in [2.05, 4.69) is 93.6 Å². The number of aryl methyl sites for hydroxylation is 3. The Morgan fingerprint density at radius 3 is 1.12 bits per heavy atom.